The number of aryl methyl sites for hydroxylation is 1. The molecule has 1 unspecified atom stereocenters. The van der Waals surface area contributed by atoms with Crippen molar-refractivity contribution in [2.45, 2.75) is 32.6 Å². The fraction of sp³-hybridized carbons (Fsp3) is 0.636. The molecule has 1 saturated heterocycles. The molecule has 2 heterocycles. The van der Waals surface area contributed by atoms with Crippen LogP contribution in [0.3, 0.4) is 0 Å². The van der Waals surface area contributed by atoms with E-state index in [-0.39, 0.29) is 23.0 Å². The second kappa shape index (κ2) is 4.25. The third-order valence-corrected chi connectivity index (χ3v) is 4.98. The SMILES string of the molecule is CCc1c(C)nc(C2CCS(=O)(=O)C2)[nH]c1=O. The lowest BCUT2D eigenvalue weighted by Gasteiger charge is -2.09. The van der Waals surface area contributed by atoms with Crippen LogP contribution in [0.25, 0.3) is 0 Å². The summed E-state index contributed by atoms with van der Waals surface area (Å²) in [6.45, 7) is 3.69. The highest BCUT2D eigenvalue weighted by Gasteiger charge is 2.30. The highest BCUT2D eigenvalue weighted by Crippen LogP contribution is 2.26. The number of H-pyrrole nitrogens is 1. The number of nitrogens with zero attached hydrogens (tertiary/aromatic N) is 1. The monoisotopic (exact) mass is 256 g/mol. The van der Waals surface area contributed by atoms with Crippen molar-refractivity contribution in [1.29, 1.82) is 0 Å². The summed E-state index contributed by atoms with van der Waals surface area (Å²) in [6, 6.07) is 0. The molecule has 0 radical (unpaired) electrons. The van der Waals surface area contributed by atoms with Crippen molar-refractivity contribution < 1.29 is 8.42 Å². The van der Waals surface area contributed by atoms with Crippen molar-refractivity contribution in [3.63, 3.8) is 0 Å². The number of aromatic nitrogens is 2. The molecule has 6 heteroatoms. The Bertz CT molecular complexity index is 589. The van der Waals surface area contributed by atoms with Crippen LogP contribution in [-0.2, 0) is 16.3 Å². The third-order valence-electron chi connectivity index (χ3n) is 3.21. The molecule has 1 atom stereocenters. The number of nitrogens with one attached hydrogen (secondary N) is 1. The fourth-order valence-electron chi connectivity index (χ4n) is 2.25. The summed E-state index contributed by atoms with van der Waals surface area (Å²) in [5.74, 6) is 0.652. The molecule has 1 aliphatic heterocycles. The van der Waals surface area contributed by atoms with Crippen molar-refractivity contribution >= 4 is 9.84 Å². The van der Waals surface area contributed by atoms with Gasteiger partial charge in [-0.1, -0.05) is 6.92 Å². The van der Waals surface area contributed by atoms with Crippen LogP contribution >= 0.6 is 0 Å². The Morgan fingerprint density at radius 2 is 2.18 bits per heavy atom. The van der Waals surface area contributed by atoms with Gasteiger partial charge in [-0.2, -0.15) is 0 Å². The molecule has 0 amide bonds. The Morgan fingerprint density at radius 3 is 2.65 bits per heavy atom. The largest absolute Gasteiger partial charge is 0.310 e. The van der Waals surface area contributed by atoms with Crippen LogP contribution in [-0.4, -0.2) is 29.9 Å². The van der Waals surface area contributed by atoms with Gasteiger partial charge >= 0.3 is 0 Å². The quantitative estimate of drug-likeness (QED) is 0.837. The Morgan fingerprint density at radius 1 is 1.47 bits per heavy atom. The average molecular weight is 256 g/mol. The maximum atomic E-state index is 11.8. The molecule has 5 nitrogen and oxygen atoms in total. The van der Waals surface area contributed by atoms with E-state index in [1.807, 2.05) is 6.92 Å². The number of hydrogen-bond acceptors (Lipinski definition) is 4. The summed E-state index contributed by atoms with van der Waals surface area (Å²) >= 11 is 0. The van der Waals surface area contributed by atoms with E-state index >= 15 is 0 Å². The summed E-state index contributed by atoms with van der Waals surface area (Å²) in [6.07, 6.45) is 1.19. The van der Waals surface area contributed by atoms with Gasteiger partial charge in [0.1, 0.15) is 5.82 Å². The van der Waals surface area contributed by atoms with Gasteiger partial charge in [0.25, 0.3) is 5.56 Å². The Kier molecular flexibility index (Phi) is 3.07. The van der Waals surface area contributed by atoms with E-state index in [0.29, 0.717) is 29.9 Å². The molecule has 1 aromatic heterocycles. The number of hydrogen-bond donors (Lipinski definition) is 1. The Labute approximate surface area is 100 Å². The van der Waals surface area contributed by atoms with Gasteiger partial charge in [-0.15, -0.1) is 0 Å². The third kappa shape index (κ3) is 2.41. The van der Waals surface area contributed by atoms with Crippen molar-refractivity contribution in [2.24, 2.45) is 0 Å². The lowest BCUT2D eigenvalue weighted by molar-refractivity contribution is 0.601. The van der Waals surface area contributed by atoms with Crippen molar-refractivity contribution in [2.75, 3.05) is 11.5 Å². The van der Waals surface area contributed by atoms with Gasteiger partial charge in [-0.25, -0.2) is 13.4 Å². The smallest absolute Gasteiger partial charge is 0.254 e. The Hall–Kier alpha value is -1.17. The van der Waals surface area contributed by atoms with E-state index < -0.39 is 9.84 Å². The van der Waals surface area contributed by atoms with Crippen molar-refractivity contribution in [1.82, 2.24) is 9.97 Å². The maximum Gasteiger partial charge on any atom is 0.254 e. The minimum Gasteiger partial charge on any atom is -0.310 e. The van der Waals surface area contributed by atoms with Gasteiger partial charge in [0, 0.05) is 17.2 Å². The standard InChI is InChI=1S/C11H16N2O3S/c1-3-9-7(2)12-10(13-11(9)14)8-4-5-17(15,16)6-8/h8H,3-6H2,1-2H3,(H,12,13,14). The topological polar surface area (TPSA) is 79.9 Å². The van der Waals surface area contributed by atoms with Gasteiger partial charge in [-0.3, -0.25) is 4.79 Å². The molecule has 0 saturated carbocycles. The molecule has 1 N–H and O–H groups in total. The van der Waals surface area contributed by atoms with E-state index in [0.717, 1.165) is 0 Å². The van der Waals surface area contributed by atoms with Crippen LogP contribution in [0.5, 0.6) is 0 Å². The molecule has 1 aliphatic rings. The first-order chi connectivity index (χ1) is 7.93. The van der Waals surface area contributed by atoms with Gasteiger partial charge in [0.05, 0.1) is 11.5 Å². The zero-order valence-corrected chi connectivity index (χ0v) is 10.8. The van der Waals surface area contributed by atoms with E-state index in [2.05, 4.69) is 9.97 Å². The molecular weight excluding hydrogens is 240 g/mol. The molecule has 94 valence electrons. The summed E-state index contributed by atoms with van der Waals surface area (Å²) in [5.41, 5.74) is 1.24. The summed E-state index contributed by atoms with van der Waals surface area (Å²) < 4.78 is 22.8. The lowest BCUT2D eigenvalue weighted by atomic mass is 10.1. The first kappa shape index (κ1) is 12.3. The van der Waals surface area contributed by atoms with Crippen molar-refractivity contribution in [3.05, 3.63) is 27.4 Å². The second-order valence-corrected chi connectivity index (χ2v) is 6.70. The summed E-state index contributed by atoms with van der Waals surface area (Å²) in [7, 11) is -2.95. The lowest BCUT2D eigenvalue weighted by Crippen LogP contribution is -2.20. The van der Waals surface area contributed by atoms with E-state index in [1.165, 1.54) is 0 Å². The minimum atomic E-state index is -2.95. The molecule has 0 bridgehead atoms. The number of aromatic amines is 1. The predicted octanol–water partition coefficient (Wildman–Crippen LogP) is 0.543. The highest BCUT2D eigenvalue weighted by molar-refractivity contribution is 7.91. The average Bonchev–Trinajstić information content (AvgIpc) is 2.58. The van der Waals surface area contributed by atoms with Crippen molar-refractivity contribution in [3.8, 4) is 0 Å². The van der Waals surface area contributed by atoms with Crippen LogP contribution in [0.2, 0.25) is 0 Å². The van der Waals surface area contributed by atoms with E-state index in [1.54, 1.807) is 6.92 Å². The molecule has 0 aromatic carbocycles. The van der Waals surface area contributed by atoms with Gasteiger partial charge in [-0.05, 0) is 19.8 Å². The van der Waals surface area contributed by atoms with Crippen LogP contribution in [0, 0.1) is 6.92 Å². The van der Waals surface area contributed by atoms with Crippen LogP contribution < -0.4 is 5.56 Å². The zero-order chi connectivity index (χ0) is 12.6. The van der Waals surface area contributed by atoms with Crippen LogP contribution in [0.15, 0.2) is 4.79 Å². The fourth-order valence-corrected chi connectivity index (χ4v) is 4.00. The molecular formula is C11H16N2O3S. The van der Waals surface area contributed by atoms with E-state index in [9.17, 15) is 13.2 Å². The molecule has 0 aliphatic carbocycles. The number of rotatable bonds is 2. The van der Waals surface area contributed by atoms with Gasteiger partial charge in [0.15, 0.2) is 9.84 Å². The minimum absolute atomic E-state index is 0.0981. The predicted molar refractivity (Wildman–Crippen MR) is 65.0 cm³/mol. The van der Waals surface area contributed by atoms with Gasteiger partial charge < -0.3 is 4.98 Å². The van der Waals surface area contributed by atoms with E-state index in [4.69, 9.17) is 0 Å². The summed E-state index contributed by atoms with van der Waals surface area (Å²) in [5, 5.41) is 0. The first-order valence-electron chi connectivity index (χ1n) is 5.73. The van der Waals surface area contributed by atoms with Crippen LogP contribution in [0.4, 0.5) is 0 Å². The maximum absolute atomic E-state index is 11.8. The second-order valence-electron chi connectivity index (χ2n) is 4.47. The molecule has 0 spiro atoms. The first-order valence-corrected chi connectivity index (χ1v) is 7.55. The molecule has 17 heavy (non-hydrogen) atoms. The highest BCUT2D eigenvalue weighted by atomic mass is 32.2. The molecule has 2 rings (SSSR count). The zero-order valence-electron chi connectivity index (χ0n) is 9.99. The molecule has 1 aromatic rings. The summed E-state index contributed by atoms with van der Waals surface area (Å²) in [4.78, 5) is 18.8. The van der Waals surface area contributed by atoms with Gasteiger partial charge in [0.2, 0.25) is 0 Å². The van der Waals surface area contributed by atoms with Crippen LogP contribution in [0.1, 0.15) is 36.3 Å². The molecule has 1 fully saturated rings. The Balaban J connectivity index is 2.39. The normalized spacial score (nSPS) is 22.8. The number of sulfone groups is 1.